The highest BCUT2D eigenvalue weighted by molar-refractivity contribution is 7.89. The van der Waals surface area contributed by atoms with Crippen molar-refractivity contribution in [1.82, 2.24) is 14.2 Å². The summed E-state index contributed by atoms with van der Waals surface area (Å²) in [6.45, 7) is 4.05. The van der Waals surface area contributed by atoms with Crippen molar-refractivity contribution in [3.05, 3.63) is 47.7 Å². The number of carbonyl (C=O) groups is 1. The smallest absolute Gasteiger partial charge is 0.290 e. The van der Waals surface area contributed by atoms with Crippen molar-refractivity contribution in [2.24, 2.45) is 0 Å². The van der Waals surface area contributed by atoms with Crippen LogP contribution in [0.4, 0.5) is 0 Å². The Bertz CT molecular complexity index is 977. The lowest BCUT2D eigenvalue weighted by Crippen LogP contribution is -2.36. The van der Waals surface area contributed by atoms with Gasteiger partial charge in [-0.2, -0.15) is 4.31 Å². The van der Waals surface area contributed by atoms with Crippen molar-refractivity contribution in [3.63, 3.8) is 0 Å². The Labute approximate surface area is 176 Å². The van der Waals surface area contributed by atoms with E-state index in [-0.39, 0.29) is 28.4 Å². The molecule has 2 aromatic heterocycles. The van der Waals surface area contributed by atoms with Gasteiger partial charge in [0, 0.05) is 51.2 Å². The molecule has 0 bridgehead atoms. The topological polar surface area (TPSA) is 93.0 Å². The van der Waals surface area contributed by atoms with Gasteiger partial charge in [0.05, 0.1) is 6.10 Å². The zero-order valence-corrected chi connectivity index (χ0v) is 17.9. The summed E-state index contributed by atoms with van der Waals surface area (Å²) in [5, 5.41) is 0. The molecule has 8 nitrogen and oxygen atoms in total. The molecule has 0 radical (unpaired) electrons. The lowest BCUT2D eigenvalue weighted by Gasteiger charge is -2.24. The number of hydrogen-bond acceptors (Lipinski definition) is 6. The Morgan fingerprint density at radius 3 is 2.77 bits per heavy atom. The maximum absolute atomic E-state index is 13.3. The van der Waals surface area contributed by atoms with E-state index in [4.69, 9.17) is 9.15 Å². The van der Waals surface area contributed by atoms with Crippen LogP contribution in [0.1, 0.15) is 47.6 Å². The zero-order chi connectivity index (χ0) is 21.1. The van der Waals surface area contributed by atoms with Crippen LogP contribution in [0.2, 0.25) is 0 Å². The van der Waals surface area contributed by atoms with Crippen molar-refractivity contribution in [2.75, 3.05) is 26.2 Å². The summed E-state index contributed by atoms with van der Waals surface area (Å²) in [6, 6.07) is 5.10. The highest BCUT2D eigenvalue weighted by Gasteiger charge is 2.33. The van der Waals surface area contributed by atoms with Gasteiger partial charge in [0.1, 0.15) is 10.7 Å². The number of aromatic nitrogens is 1. The maximum atomic E-state index is 13.3. The second-order valence-corrected chi connectivity index (χ2v) is 9.73. The number of pyridine rings is 1. The molecule has 2 aliphatic heterocycles. The van der Waals surface area contributed by atoms with Gasteiger partial charge in [0.15, 0.2) is 5.76 Å². The maximum Gasteiger partial charge on any atom is 0.290 e. The van der Waals surface area contributed by atoms with Crippen LogP contribution in [0.25, 0.3) is 0 Å². The lowest BCUT2D eigenvalue weighted by atomic mass is 10.2. The molecule has 1 amide bonds. The number of furan rings is 1. The quantitative estimate of drug-likeness (QED) is 0.666. The summed E-state index contributed by atoms with van der Waals surface area (Å²) in [5.74, 6) is -0.0730. The molecule has 0 aromatic carbocycles. The molecule has 4 heterocycles. The first kappa shape index (κ1) is 21.0. The average Bonchev–Trinajstić information content (AvgIpc) is 3.50. The van der Waals surface area contributed by atoms with Crippen molar-refractivity contribution in [2.45, 2.75) is 50.2 Å². The number of nitrogens with zero attached hydrogens (tertiary/aromatic N) is 3. The van der Waals surface area contributed by atoms with Crippen molar-refractivity contribution in [3.8, 4) is 0 Å². The number of sulfonamides is 1. The molecular weight excluding hydrogens is 406 g/mol. The molecular formula is C21H27N3O5S. The minimum absolute atomic E-state index is 0.0329. The molecule has 1 atom stereocenters. The van der Waals surface area contributed by atoms with E-state index in [1.807, 2.05) is 12.1 Å². The second-order valence-electron chi connectivity index (χ2n) is 7.82. The summed E-state index contributed by atoms with van der Waals surface area (Å²) in [7, 11) is -3.65. The van der Waals surface area contributed by atoms with Crippen LogP contribution in [0, 0.1) is 6.92 Å². The molecule has 0 saturated carbocycles. The Morgan fingerprint density at radius 1 is 1.30 bits per heavy atom. The monoisotopic (exact) mass is 433 g/mol. The van der Waals surface area contributed by atoms with Crippen LogP contribution in [-0.4, -0.2) is 60.9 Å². The molecule has 1 unspecified atom stereocenters. The predicted molar refractivity (Wildman–Crippen MR) is 109 cm³/mol. The zero-order valence-electron chi connectivity index (χ0n) is 17.1. The van der Waals surface area contributed by atoms with Gasteiger partial charge in [-0.15, -0.1) is 0 Å². The largest absolute Gasteiger partial charge is 0.455 e. The number of amides is 1. The Hall–Kier alpha value is -2.23. The van der Waals surface area contributed by atoms with E-state index < -0.39 is 10.0 Å². The molecule has 4 rings (SSSR count). The van der Waals surface area contributed by atoms with E-state index in [1.54, 1.807) is 24.2 Å². The van der Waals surface area contributed by atoms with Crippen LogP contribution in [0.15, 0.2) is 39.9 Å². The Kier molecular flexibility index (Phi) is 6.21. The van der Waals surface area contributed by atoms with E-state index in [2.05, 4.69) is 4.98 Å². The second kappa shape index (κ2) is 8.87. The van der Waals surface area contributed by atoms with Gasteiger partial charge < -0.3 is 14.1 Å². The third-order valence-electron chi connectivity index (χ3n) is 5.60. The van der Waals surface area contributed by atoms with Crippen LogP contribution in [0.3, 0.4) is 0 Å². The molecule has 0 N–H and O–H groups in total. The van der Waals surface area contributed by atoms with Gasteiger partial charge in [-0.05, 0) is 44.2 Å². The molecule has 0 aliphatic carbocycles. The summed E-state index contributed by atoms with van der Waals surface area (Å²) < 4.78 is 38.7. The number of hydrogen-bond donors (Lipinski definition) is 0. The number of rotatable bonds is 7. The van der Waals surface area contributed by atoms with Gasteiger partial charge in [-0.3, -0.25) is 9.78 Å². The average molecular weight is 434 g/mol. The van der Waals surface area contributed by atoms with Crippen LogP contribution in [-0.2, 0) is 21.3 Å². The Morgan fingerprint density at radius 2 is 2.10 bits per heavy atom. The standard InChI is InChI=1S/C21H27N3O5S/c1-16-20(30(26,27)24-9-2-3-10-24)12-19(29-16)21(25)23(15-18-7-5-11-28-18)14-17-6-4-8-22-13-17/h4,6,8,12-13,18H,2-3,5,7,9-11,14-15H2,1H3. The molecule has 2 saturated heterocycles. The minimum atomic E-state index is -3.65. The van der Waals surface area contributed by atoms with Gasteiger partial charge in [0.25, 0.3) is 5.91 Å². The summed E-state index contributed by atoms with van der Waals surface area (Å²) in [4.78, 5) is 19.1. The van der Waals surface area contributed by atoms with Gasteiger partial charge in [-0.1, -0.05) is 6.07 Å². The summed E-state index contributed by atoms with van der Waals surface area (Å²) >= 11 is 0. The minimum Gasteiger partial charge on any atom is -0.455 e. The van der Waals surface area contributed by atoms with E-state index >= 15 is 0 Å². The SMILES string of the molecule is Cc1oc(C(=O)N(Cc2cccnc2)CC2CCCO2)cc1S(=O)(=O)N1CCCC1. The number of ether oxygens (including phenoxy) is 1. The van der Waals surface area contributed by atoms with Crippen LogP contribution in [0.5, 0.6) is 0 Å². The lowest BCUT2D eigenvalue weighted by molar-refractivity contribution is 0.0483. The van der Waals surface area contributed by atoms with Crippen molar-refractivity contribution < 1.29 is 22.4 Å². The first-order valence-corrected chi connectivity index (χ1v) is 11.8. The van der Waals surface area contributed by atoms with Crippen molar-refractivity contribution >= 4 is 15.9 Å². The van der Waals surface area contributed by atoms with Gasteiger partial charge >= 0.3 is 0 Å². The third-order valence-corrected chi connectivity index (χ3v) is 7.60. The third kappa shape index (κ3) is 4.43. The van der Waals surface area contributed by atoms with Crippen LogP contribution >= 0.6 is 0 Å². The fourth-order valence-corrected chi connectivity index (χ4v) is 5.69. The molecule has 162 valence electrons. The molecule has 9 heteroatoms. The predicted octanol–water partition coefficient (Wildman–Crippen LogP) is 2.59. The van der Waals surface area contributed by atoms with Gasteiger partial charge in [0.2, 0.25) is 10.0 Å². The first-order valence-electron chi connectivity index (χ1n) is 10.4. The van der Waals surface area contributed by atoms with Crippen LogP contribution < -0.4 is 0 Å². The van der Waals surface area contributed by atoms with E-state index in [1.165, 1.54) is 10.4 Å². The first-order chi connectivity index (χ1) is 14.4. The fraction of sp³-hybridized carbons (Fsp3) is 0.524. The van der Waals surface area contributed by atoms with Gasteiger partial charge in [-0.25, -0.2) is 8.42 Å². The number of aryl methyl sites for hydroxylation is 1. The molecule has 30 heavy (non-hydrogen) atoms. The molecule has 2 aromatic rings. The van der Waals surface area contributed by atoms with E-state index in [0.717, 1.165) is 31.2 Å². The molecule has 0 spiro atoms. The Balaban J connectivity index is 1.59. The highest BCUT2D eigenvalue weighted by atomic mass is 32.2. The normalized spacial score (nSPS) is 20.0. The summed E-state index contributed by atoms with van der Waals surface area (Å²) in [5.41, 5.74) is 0.886. The highest BCUT2D eigenvalue weighted by Crippen LogP contribution is 2.27. The van der Waals surface area contributed by atoms with E-state index in [9.17, 15) is 13.2 Å². The fourth-order valence-electron chi connectivity index (χ4n) is 4.02. The molecule has 2 aliphatic rings. The summed E-state index contributed by atoms with van der Waals surface area (Å²) in [6.07, 6.45) is 6.92. The number of carbonyl (C=O) groups excluding carboxylic acids is 1. The van der Waals surface area contributed by atoms with Crippen molar-refractivity contribution in [1.29, 1.82) is 0 Å². The molecule has 2 fully saturated rings. The van der Waals surface area contributed by atoms with E-state index in [0.29, 0.717) is 32.8 Å².